The Morgan fingerprint density at radius 3 is 1.69 bits per heavy atom. The van der Waals surface area contributed by atoms with Crippen molar-refractivity contribution in [2.45, 2.75) is 25.2 Å². The Kier molecular flexibility index (Phi) is 12.2. The van der Waals surface area contributed by atoms with E-state index >= 15 is 0 Å². The maximum absolute atomic E-state index is 14.0. The standard InChI is InChI=1S/C26H18FN5O2S.C19H13BrFN3O2S/c27-20-3-1-2-18(13-20)23(24(33)31-26-29-10-11-35-26)32-15-19-8-6-16(12-21(19)25(32)34)4-5-17-7-9-22(28)30-14-17;20-13-5-4-12-10-24(18(26)15(12)9-13)16(11-2-1-3-14(21)8-11)17(25)23-19-22-6-7-27-19/h1-3,6-14,23H,15H2,(H2,28,30)(H,29,31,33);1-9,16H,10H2,(H,22,23,25). The molecule has 0 bridgehead atoms. The van der Waals surface area contributed by atoms with Crippen molar-refractivity contribution in [1.82, 2.24) is 24.8 Å². The van der Waals surface area contributed by atoms with E-state index in [9.17, 15) is 28.0 Å². The summed E-state index contributed by atoms with van der Waals surface area (Å²) in [4.78, 5) is 67.7. The predicted octanol–water partition coefficient (Wildman–Crippen LogP) is 8.38. The third-order valence-corrected chi connectivity index (χ3v) is 11.6. The smallest absolute Gasteiger partial charge is 0.255 e. The van der Waals surface area contributed by atoms with E-state index in [0.29, 0.717) is 49.5 Å². The summed E-state index contributed by atoms with van der Waals surface area (Å²) in [6.07, 6.45) is 4.72. The van der Waals surface area contributed by atoms with Crippen molar-refractivity contribution in [3.8, 4) is 11.8 Å². The number of halogens is 3. The molecule has 4 amide bonds. The first-order chi connectivity index (χ1) is 30.0. The van der Waals surface area contributed by atoms with Gasteiger partial charge in [-0.05, 0) is 82.9 Å². The van der Waals surface area contributed by atoms with Crippen LogP contribution in [0.4, 0.5) is 24.9 Å². The molecule has 9 rings (SSSR count). The first kappa shape index (κ1) is 41.6. The zero-order valence-corrected chi connectivity index (χ0v) is 35.3. The van der Waals surface area contributed by atoms with E-state index in [1.54, 1.807) is 65.7 Å². The van der Waals surface area contributed by atoms with Gasteiger partial charge in [-0.15, -0.1) is 22.7 Å². The van der Waals surface area contributed by atoms with Gasteiger partial charge in [0, 0.05) is 69.2 Å². The number of aromatic nitrogens is 3. The Hall–Kier alpha value is -7.13. The van der Waals surface area contributed by atoms with Gasteiger partial charge in [0.15, 0.2) is 10.3 Å². The summed E-state index contributed by atoms with van der Waals surface area (Å²) in [6.45, 7) is 0.476. The van der Waals surface area contributed by atoms with Crippen molar-refractivity contribution in [2.24, 2.45) is 0 Å². The molecular formula is C45H31BrF2N8O4S2. The molecule has 3 aromatic heterocycles. The Morgan fingerprint density at radius 2 is 1.19 bits per heavy atom. The average molecular weight is 930 g/mol. The van der Waals surface area contributed by atoms with Crippen molar-refractivity contribution in [3.63, 3.8) is 0 Å². The number of nitrogens with two attached hydrogens (primary N) is 1. The number of fused-ring (bicyclic) bond motifs is 2. The number of nitrogens with one attached hydrogen (secondary N) is 2. The lowest BCUT2D eigenvalue weighted by Crippen LogP contribution is -2.37. The summed E-state index contributed by atoms with van der Waals surface area (Å²) in [7, 11) is 0. The van der Waals surface area contributed by atoms with Gasteiger partial charge in [0.2, 0.25) is 0 Å². The molecule has 4 aromatic carbocycles. The summed E-state index contributed by atoms with van der Waals surface area (Å²) in [5.74, 6) is 3.97. The second-order valence-electron chi connectivity index (χ2n) is 13.8. The van der Waals surface area contributed by atoms with Crippen LogP contribution in [0, 0.1) is 23.5 Å². The third-order valence-electron chi connectivity index (χ3n) is 9.76. The number of carbonyl (C=O) groups excluding carboxylic acids is 4. The topological polar surface area (TPSA) is 164 Å². The van der Waals surface area contributed by atoms with Gasteiger partial charge in [-0.1, -0.05) is 64.2 Å². The second kappa shape index (κ2) is 18.2. The van der Waals surface area contributed by atoms with Crippen LogP contribution in [0.2, 0.25) is 0 Å². The van der Waals surface area contributed by atoms with Crippen LogP contribution in [0.25, 0.3) is 0 Å². The minimum Gasteiger partial charge on any atom is -0.384 e. The molecule has 2 aliphatic heterocycles. The quantitative estimate of drug-likeness (QED) is 0.128. The van der Waals surface area contributed by atoms with Crippen LogP contribution < -0.4 is 16.4 Å². The summed E-state index contributed by atoms with van der Waals surface area (Å²) in [6, 6.07) is 23.6. The SMILES string of the molecule is Nc1ccc(C#Cc2ccc3c(c2)C(=O)N(C(C(=O)Nc2nccs2)c2cccc(F)c2)C3)cn1.O=C(Nc1nccs1)C(c1cccc(F)c1)N1Cc2ccc(Br)cc2C1=O. The highest BCUT2D eigenvalue weighted by atomic mass is 79.9. The van der Waals surface area contributed by atoms with Crippen LogP contribution in [0.5, 0.6) is 0 Å². The molecule has 0 fully saturated rings. The summed E-state index contributed by atoms with van der Waals surface area (Å²) in [5, 5.41) is 9.74. The fraction of sp³-hybridized carbons (Fsp3) is 0.0889. The largest absolute Gasteiger partial charge is 0.384 e. The number of rotatable bonds is 8. The first-order valence-corrected chi connectivity index (χ1v) is 21.2. The molecule has 0 aliphatic carbocycles. The van der Waals surface area contributed by atoms with Crippen molar-refractivity contribution >= 4 is 78.3 Å². The lowest BCUT2D eigenvalue weighted by atomic mass is 10.0. The molecule has 2 aliphatic rings. The van der Waals surface area contributed by atoms with Crippen LogP contribution in [0.1, 0.15) is 66.2 Å². The van der Waals surface area contributed by atoms with Gasteiger partial charge in [0.05, 0.1) is 0 Å². The van der Waals surface area contributed by atoms with Crippen LogP contribution in [0.3, 0.4) is 0 Å². The molecule has 17 heteroatoms. The van der Waals surface area contributed by atoms with Crippen molar-refractivity contribution < 1.29 is 28.0 Å². The van der Waals surface area contributed by atoms with E-state index < -0.39 is 35.5 Å². The first-order valence-electron chi connectivity index (χ1n) is 18.7. The third kappa shape index (κ3) is 9.27. The number of pyridine rings is 1. The Balaban J connectivity index is 0.000000176. The van der Waals surface area contributed by atoms with Crippen molar-refractivity contribution in [3.05, 3.63) is 187 Å². The van der Waals surface area contributed by atoms with Gasteiger partial charge in [-0.2, -0.15) is 0 Å². The molecule has 2 atom stereocenters. The lowest BCUT2D eigenvalue weighted by Gasteiger charge is -2.27. The number of nitrogen functional groups attached to an aromatic ring is 1. The number of anilines is 3. The van der Waals surface area contributed by atoms with Gasteiger partial charge in [-0.3, -0.25) is 29.8 Å². The molecule has 62 heavy (non-hydrogen) atoms. The molecule has 308 valence electrons. The number of nitrogens with zero attached hydrogens (tertiary/aromatic N) is 5. The Morgan fingerprint density at radius 1 is 0.677 bits per heavy atom. The monoisotopic (exact) mass is 928 g/mol. The van der Waals surface area contributed by atoms with Gasteiger partial charge in [-0.25, -0.2) is 23.7 Å². The van der Waals surface area contributed by atoms with Gasteiger partial charge < -0.3 is 15.5 Å². The fourth-order valence-corrected chi connectivity index (χ4v) is 8.38. The number of carbonyl (C=O) groups is 4. The zero-order chi connectivity index (χ0) is 43.3. The van der Waals surface area contributed by atoms with Gasteiger partial charge in [0.25, 0.3) is 23.6 Å². The fourth-order valence-electron chi connectivity index (χ4n) is 6.95. The number of hydrogen-bond donors (Lipinski definition) is 3. The average Bonchev–Trinajstić information content (AvgIpc) is 4.08. The maximum atomic E-state index is 14.0. The maximum Gasteiger partial charge on any atom is 0.255 e. The molecule has 7 aromatic rings. The molecule has 2 unspecified atom stereocenters. The number of amides is 4. The summed E-state index contributed by atoms with van der Waals surface area (Å²) >= 11 is 5.90. The highest BCUT2D eigenvalue weighted by molar-refractivity contribution is 9.10. The molecule has 0 spiro atoms. The highest BCUT2D eigenvalue weighted by Crippen LogP contribution is 2.35. The van der Waals surface area contributed by atoms with E-state index in [-0.39, 0.29) is 24.9 Å². The normalized spacial score (nSPS) is 13.5. The Bertz CT molecular complexity index is 2890. The molecular weight excluding hydrogens is 899 g/mol. The van der Waals surface area contributed by atoms with Gasteiger partial charge >= 0.3 is 0 Å². The van der Waals surface area contributed by atoms with Crippen LogP contribution in [0.15, 0.2) is 131 Å². The Labute approximate surface area is 369 Å². The van der Waals surface area contributed by atoms with E-state index in [1.165, 1.54) is 68.9 Å². The predicted molar refractivity (Wildman–Crippen MR) is 235 cm³/mol. The number of hydrogen-bond acceptors (Lipinski definition) is 10. The molecule has 5 heterocycles. The number of thiazole rings is 2. The molecule has 0 saturated carbocycles. The van der Waals surface area contributed by atoms with Crippen molar-refractivity contribution in [1.29, 1.82) is 0 Å². The van der Waals surface area contributed by atoms with Crippen LogP contribution >= 0.6 is 38.6 Å². The molecule has 4 N–H and O–H groups in total. The summed E-state index contributed by atoms with van der Waals surface area (Å²) in [5.41, 5.74) is 10.3. The molecule has 0 radical (unpaired) electrons. The van der Waals surface area contributed by atoms with E-state index in [4.69, 9.17) is 5.73 Å². The van der Waals surface area contributed by atoms with E-state index in [1.807, 2.05) is 24.3 Å². The minimum absolute atomic E-state index is 0.205. The summed E-state index contributed by atoms with van der Waals surface area (Å²) < 4.78 is 28.6. The highest BCUT2D eigenvalue weighted by Gasteiger charge is 2.39. The zero-order valence-electron chi connectivity index (χ0n) is 32.1. The van der Waals surface area contributed by atoms with E-state index in [2.05, 4.69) is 53.4 Å². The van der Waals surface area contributed by atoms with Crippen LogP contribution in [-0.2, 0) is 22.7 Å². The number of benzene rings is 4. The van der Waals surface area contributed by atoms with Crippen molar-refractivity contribution in [2.75, 3.05) is 16.4 Å². The minimum atomic E-state index is -1.04. The van der Waals surface area contributed by atoms with Gasteiger partial charge in [0.1, 0.15) is 29.5 Å². The van der Waals surface area contributed by atoms with Crippen LogP contribution in [-0.4, -0.2) is 48.4 Å². The molecule has 0 saturated heterocycles. The molecule has 12 nitrogen and oxygen atoms in total. The second-order valence-corrected chi connectivity index (χ2v) is 16.5. The van der Waals surface area contributed by atoms with E-state index in [0.717, 1.165) is 15.6 Å². The lowest BCUT2D eigenvalue weighted by molar-refractivity contribution is -0.121.